The second-order valence-corrected chi connectivity index (χ2v) is 12.2. The SMILES string of the molecule is [2H]B([3H])CSOc1cc(/C=C(\C)C(=O)NC2[C@@H](OSCB([2H])[3H])[C@@H]3OCO[C@@H]3[C@H](O[3H])[C@H]2O[3H])ccc1O[C@H]1C[C@H](OSCB([2H])[3H])[C@@H](C(C)=O)O1. The summed E-state index contributed by atoms with van der Waals surface area (Å²) in [5.74, 6) is -0.476. The number of rotatable bonds is 20. The Hall–Kier alpha value is -1.34. The summed E-state index contributed by atoms with van der Waals surface area (Å²) in [7, 11) is -3.45. The third-order valence-corrected chi connectivity index (χ3v) is 8.42. The van der Waals surface area contributed by atoms with E-state index < -0.39 is 84.3 Å². The van der Waals surface area contributed by atoms with E-state index in [-0.39, 0.29) is 53.0 Å². The molecule has 44 heavy (non-hydrogen) atoms. The predicted octanol–water partition coefficient (Wildman–Crippen LogP) is -1.000. The Morgan fingerprint density at radius 1 is 1.11 bits per heavy atom. The Labute approximate surface area is 284 Å². The van der Waals surface area contributed by atoms with E-state index in [2.05, 4.69) is 5.32 Å². The van der Waals surface area contributed by atoms with Gasteiger partial charge in [-0.1, -0.05) is 6.07 Å². The maximum atomic E-state index is 13.6. The van der Waals surface area contributed by atoms with E-state index in [0.29, 0.717) is 5.56 Å². The van der Waals surface area contributed by atoms with Gasteiger partial charge in [0.2, 0.25) is 15.1 Å². The van der Waals surface area contributed by atoms with Crippen LogP contribution in [0.25, 0.3) is 6.08 Å². The maximum Gasteiger partial charge on any atom is 0.247 e. The number of ether oxygens (including phenoxy) is 4. The van der Waals surface area contributed by atoms with Gasteiger partial charge in [-0.25, -0.2) is 0 Å². The van der Waals surface area contributed by atoms with Crippen molar-refractivity contribution in [3.05, 3.63) is 29.3 Å². The van der Waals surface area contributed by atoms with Crippen LogP contribution >= 0.6 is 36.1 Å². The Balaban J connectivity index is 1.52. The first kappa shape index (κ1) is 25.7. The van der Waals surface area contributed by atoms with Crippen LogP contribution in [-0.2, 0) is 32.2 Å². The lowest BCUT2D eigenvalue weighted by Crippen LogP contribution is -2.67. The average molecular weight is 682 g/mol. The van der Waals surface area contributed by atoms with Crippen molar-refractivity contribution in [2.24, 2.45) is 0 Å². The molecule has 1 saturated carbocycles. The van der Waals surface area contributed by atoms with Gasteiger partial charge in [-0.05, 0) is 81.0 Å². The summed E-state index contributed by atoms with van der Waals surface area (Å²) in [5.41, 5.74) is 0.781. The standard InChI is InChI=1S/C26H38B3NO11S3/c1-12(26(34)30-19-20(32)21(33)24-25(36-11-35-24)23(19)41-44-10-29)5-14-3-4-15(16(6-14)39-42-8-27)37-18-7-17(40-43-9-28)22(38-18)13(2)31/h3-6,17-25,32-33H,7-11,27-29H2,1-2H3,(H,30,34)/b12-5+/t17-,18+,19?,20-,21+,22+,23+,24+,25-/m0/s1/i27TD,28TD,29TD,32T,33T. The zero-order valence-electron chi connectivity index (χ0n) is 32.0. The third kappa shape index (κ3) is 8.72. The van der Waals surface area contributed by atoms with Crippen molar-refractivity contribution in [3.63, 3.8) is 0 Å². The van der Waals surface area contributed by atoms with Gasteiger partial charge in [0, 0.05) is 29.7 Å². The molecular formula is C26H38B3NO11S3. The minimum atomic E-state index is -1.21. The second kappa shape index (κ2) is 17.0. The maximum absolute atomic E-state index is 13.6. The Kier molecular flexibility index (Phi) is 9.94. The zero-order chi connectivity index (χ0) is 37.9. The second-order valence-electron chi connectivity index (χ2n) is 9.93. The molecule has 3 fully saturated rings. The van der Waals surface area contributed by atoms with Crippen LogP contribution in [0, 0.1) is 0 Å². The first-order valence-electron chi connectivity index (χ1n) is 17.9. The summed E-state index contributed by atoms with van der Waals surface area (Å²) < 4.78 is 100. The number of amides is 1. The molecule has 1 aliphatic carbocycles. The van der Waals surface area contributed by atoms with Crippen molar-refractivity contribution < 1.29 is 51.3 Å². The molecule has 0 radical (unpaired) electrons. The summed E-state index contributed by atoms with van der Waals surface area (Å²) in [4.78, 5) is 25.8. The summed E-state index contributed by atoms with van der Waals surface area (Å²) in [6, 6.07) is 3.71. The molecule has 0 spiro atoms. The normalized spacial score (nSPS) is 34.0. The first-order valence-corrected chi connectivity index (χ1v) is 16.4. The van der Waals surface area contributed by atoms with Crippen molar-refractivity contribution in [2.75, 3.05) is 23.7 Å². The highest BCUT2D eigenvalue weighted by atomic mass is 32.2. The van der Waals surface area contributed by atoms with Crippen molar-refractivity contribution in [2.45, 2.75) is 75.3 Å². The van der Waals surface area contributed by atoms with Gasteiger partial charge in [-0.2, -0.15) is 0 Å². The van der Waals surface area contributed by atoms with Crippen LogP contribution in [-0.4, -0.2) is 135 Å². The van der Waals surface area contributed by atoms with E-state index in [4.69, 9.17) is 52.6 Å². The fraction of sp³-hybridized carbons (Fsp3) is 0.615. The molecule has 2 heterocycles. The minimum absolute atomic E-state index is 0.0107. The molecule has 12 nitrogen and oxygen atoms in total. The summed E-state index contributed by atoms with van der Waals surface area (Å²) in [6.45, 7) is 2.76. The van der Waals surface area contributed by atoms with E-state index in [1.807, 2.05) is 0 Å². The van der Waals surface area contributed by atoms with Gasteiger partial charge in [-0.3, -0.25) is 9.59 Å². The largest absolute Gasteiger partial charge is 0.461 e. The smallest absolute Gasteiger partial charge is 0.247 e. The Bertz CT molecular complexity index is 1370. The van der Waals surface area contributed by atoms with Crippen LogP contribution in [0.3, 0.4) is 0 Å². The van der Waals surface area contributed by atoms with Crippen LogP contribution in [0.4, 0.5) is 0 Å². The van der Waals surface area contributed by atoms with Gasteiger partial charge < -0.3 is 47.0 Å². The summed E-state index contributed by atoms with van der Waals surface area (Å²) in [5, 5.41) is 12.6. The minimum Gasteiger partial charge on any atom is -0.461 e. The highest BCUT2D eigenvalue weighted by Crippen LogP contribution is 2.37. The van der Waals surface area contributed by atoms with Crippen molar-refractivity contribution in [1.29, 1.82) is 10.9 Å². The number of fused-ring (bicyclic) bond motifs is 1. The molecule has 1 aromatic rings. The zero-order valence-corrected chi connectivity index (χ0v) is 26.4. The van der Waals surface area contributed by atoms with E-state index >= 15 is 0 Å². The van der Waals surface area contributed by atoms with Gasteiger partial charge in [0.05, 0.1) is 6.04 Å². The van der Waals surface area contributed by atoms with E-state index in [1.54, 1.807) is 31.2 Å². The lowest BCUT2D eigenvalue weighted by atomic mass is 9.83. The van der Waals surface area contributed by atoms with Crippen molar-refractivity contribution >= 4 is 77.2 Å². The number of aliphatic hydroxyl groups is 2. The quantitative estimate of drug-likeness (QED) is 0.0877. The number of benzene rings is 1. The molecule has 1 aromatic carbocycles. The number of aliphatic hydroxyl groups excluding tert-OH is 2. The van der Waals surface area contributed by atoms with Gasteiger partial charge in [0.1, 0.15) is 72.8 Å². The topological polar surface area (TPSA) is 151 Å². The summed E-state index contributed by atoms with van der Waals surface area (Å²) >= 11 is 2.59. The molecule has 2 saturated heterocycles. The van der Waals surface area contributed by atoms with Gasteiger partial charge in [0.15, 0.2) is 17.3 Å². The molecule has 3 aliphatic rings. The van der Waals surface area contributed by atoms with Crippen LogP contribution in [0.2, 0.25) is 0 Å². The van der Waals surface area contributed by atoms with E-state index in [9.17, 15) is 9.59 Å². The highest BCUT2D eigenvalue weighted by molar-refractivity contribution is 7.96. The molecule has 240 valence electrons. The number of ketones is 1. The van der Waals surface area contributed by atoms with Gasteiger partial charge >= 0.3 is 0 Å². The fourth-order valence-corrected chi connectivity index (χ4v) is 6.22. The molecule has 1 unspecified atom stereocenters. The molecule has 0 aromatic heterocycles. The van der Waals surface area contributed by atoms with Gasteiger partial charge in [0.25, 0.3) is 0 Å². The third-order valence-electron chi connectivity index (χ3n) is 6.97. The highest BCUT2D eigenvalue weighted by Gasteiger charge is 2.55. The van der Waals surface area contributed by atoms with Crippen LogP contribution < -0.4 is 14.2 Å². The lowest BCUT2D eigenvalue weighted by Gasteiger charge is -2.43. The molecule has 3 N–H and O–H groups in total. The average Bonchev–Trinajstić information content (AvgIpc) is 3.73. The summed E-state index contributed by atoms with van der Waals surface area (Å²) in [6.07, 6.45) is -5.76. The number of Topliss-reactive ketones (excluding diaryl/α,β-unsaturated/α-hetero) is 1. The number of hydrogen-bond donors (Lipinski definition) is 3. The van der Waals surface area contributed by atoms with Crippen molar-refractivity contribution in [1.82, 2.24) is 5.32 Å². The van der Waals surface area contributed by atoms with E-state index in [1.165, 1.54) is 6.92 Å². The number of nitrogens with one attached hydrogen (secondary N) is 1. The van der Waals surface area contributed by atoms with Crippen LogP contribution in [0.1, 0.15) is 25.8 Å². The van der Waals surface area contributed by atoms with E-state index in [0.717, 1.165) is 36.1 Å². The number of hydrogen-bond acceptors (Lipinski definition) is 14. The molecule has 0 bridgehead atoms. The van der Waals surface area contributed by atoms with Gasteiger partial charge in [-0.15, -0.1) is 0 Å². The number of carbonyl (C=O) groups excluding carboxylic acids is 2. The fourth-order valence-electron chi connectivity index (χ4n) is 5.00. The molecular weight excluding hydrogens is 631 g/mol. The molecule has 4 rings (SSSR count). The lowest BCUT2D eigenvalue weighted by molar-refractivity contribution is -0.147. The van der Waals surface area contributed by atoms with Crippen LogP contribution in [0.15, 0.2) is 23.8 Å². The molecule has 1 amide bonds. The number of carbonyl (C=O) groups is 2. The monoisotopic (exact) mass is 682 g/mol. The Morgan fingerprint density at radius 2 is 1.86 bits per heavy atom. The first-order chi connectivity index (χ1) is 24.8. The Morgan fingerprint density at radius 3 is 2.61 bits per heavy atom. The van der Waals surface area contributed by atoms with Crippen molar-refractivity contribution in [3.8, 4) is 11.5 Å². The molecule has 9 atom stereocenters. The predicted molar refractivity (Wildman–Crippen MR) is 177 cm³/mol. The molecule has 18 heteroatoms. The van der Waals surface area contributed by atoms with Crippen LogP contribution in [0.5, 0.6) is 11.5 Å². The molecule has 2 aliphatic heterocycles.